The molecule has 0 fully saturated rings. The SMILES string of the molecule is c1ccc(-c2cc(-c3ccccc3)cc(-c3ccc(-c4cccc5c4oc4c5ccc5c6cccc(-c7ccccc7)c6oc54)cc3)c2)cc1. The monoisotopic (exact) mass is 638 g/mol. The minimum atomic E-state index is 0.781. The Morgan fingerprint density at radius 2 is 0.560 bits per heavy atom. The summed E-state index contributed by atoms with van der Waals surface area (Å²) in [6.07, 6.45) is 0. The van der Waals surface area contributed by atoms with Gasteiger partial charge in [0.1, 0.15) is 11.2 Å². The maximum absolute atomic E-state index is 6.78. The summed E-state index contributed by atoms with van der Waals surface area (Å²) in [5.41, 5.74) is 14.8. The normalized spacial score (nSPS) is 11.6. The topological polar surface area (TPSA) is 26.3 Å². The maximum Gasteiger partial charge on any atom is 0.178 e. The van der Waals surface area contributed by atoms with Gasteiger partial charge < -0.3 is 8.83 Å². The van der Waals surface area contributed by atoms with E-state index in [1.54, 1.807) is 0 Å². The third kappa shape index (κ3) is 4.65. The van der Waals surface area contributed by atoms with Crippen LogP contribution >= 0.6 is 0 Å². The molecule has 0 saturated carbocycles. The smallest absolute Gasteiger partial charge is 0.178 e. The number of benzene rings is 8. The van der Waals surface area contributed by atoms with E-state index in [2.05, 4.69) is 176 Å². The Hall–Kier alpha value is -6.64. The first kappa shape index (κ1) is 28.4. The summed E-state index contributed by atoms with van der Waals surface area (Å²) in [6.45, 7) is 0. The van der Waals surface area contributed by atoms with Crippen molar-refractivity contribution in [2.75, 3.05) is 0 Å². The molecule has 2 nitrogen and oxygen atoms in total. The molecule has 2 heteroatoms. The van der Waals surface area contributed by atoms with Crippen LogP contribution in [-0.4, -0.2) is 0 Å². The standard InChI is InChI=1S/C48H30O2/c1-4-12-31(13-5-1)36-28-37(32-14-6-2-7-15-32)30-38(29-36)33-22-24-35(25-23-33)40-19-11-21-42-44-27-26-43-41-20-10-18-39(34-16-8-3-9-17-34)45(41)49-47(43)48(44)50-46(40)42/h1-30H. The van der Waals surface area contributed by atoms with Crippen molar-refractivity contribution in [2.45, 2.75) is 0 Å². The molecular formula is C48H30O2. The molecule has 0 aliphatic rings. The lowest BCUT2D eigenvalue weighted by molar-refractivity contribution is 0.634. The van der Waals surface area contributed by atoms with E-state index in [-0.39, 0.29) is 0 Å². The van der Waals surface area contributed by atoms with Crippen LogP contribution in [0.15, 0.2) is 191 Å². The molecule has 234 valence electrons. The van der Waals surface area contributed by atoms with Crippen LogP contribution in [0.2, 0.25) is 0 Å². The molecule has 2 aromatic heterocycles. The molecule has 0 saturated heterocycles. The van der Waals surface area contributed by atoms with Crippen LogP contribution in [0.25, 0.3) is 99.5 Å². The highest BCUT2D eigenvalue weighted by atomic mass is 16.4. The van der Waals surface area contributed by atoms with Crippen LogP contribution in [0.4, 0.5) is 0 Å². The maximum atomic E-state index is 6.78. The van der Waals surface area contributed by atoms with Crippen molar-refractivity contribution in [1.82, 2.24) is 0 Å². The summed E-state index contributed by atoms with van der Waals surface area (Å²) in [4.78, 5) is 0. The molecule has 0 amide bonds. The number of fused-ring (bicyclic) bond motifs is 7. The number of hydrogen-bond acceptors (Lipinski definition) is 2. The second-order valence-electron chi connectivity index (χ2n) is 12.9. The van der Waals surface area contributed by atoms with Gasteiger partial charge in [0.2, 0.25) is 0 Å². The van der Waals surface area contributed by atoms with Crippen molar-refractivity contribution in [2.24, 2.45) is 0 Å². The molecule has 0 atom stereocenters. The molecule has 0 N–H and O–H groups in total. The predicted molar refractivity (Wildman–Crippen MR) is 208 cm³/mol. The number of hydrogen-bond donors (Lipinski definition) is 0. The van der Waals surface area contributed by atoms with E-state index < -0.39 is 0 Å². The van der Waals surface area contributed by atoms with E-state index >= 15 is 0 Å². The fourth-order valence-electron chi connectivity index (χ4n) is 7.42. The summed E-state index contributed by atoms with van der Waals surface area (Å²) in [7, 11) is 0. The van der Waals surface area contributed by atoms with Crippen molar-refractivity contribution in [3.05, 3.63) is 182 Å². The van der Waals surface area contributed by atoms with Crippen LogP contribution in [0.3, 0.4) is 0 Å². The van der Waals surface area contributed by atoms with Crippen LogP contribution in [-0.2, 0) is 0 Å². The van der Waals surface area contributed by atoms with Gasteiger partial charge in [-0.1, -0.05) is 152 Å². The van der Waals surface area contributed by atoms with E-state index in [9.17, 15) is 0 Å². The van der Waals surface area contributed by atoms with Gasteiger partial charge in [0.25, 0.3) is 0 Å². The zero-order valence-corrected chi connectivity index (χ0v) is 27.1. The molecule has 0 spiro atoms. The van der Waals surface area contributed by atoms with E-state index in [0.29, 0.717) is 0 Å². The summed E-state index contributed by atoms with van der Waals surface area (Å²) in [5, 5.41) is 4.28. The van der Waals surface area contributed by atoms with Gasteiger partial charge in [-0.3, -0.25) is 0 Å². The summed E-state index contributed by atoms with van der Waals surface area (Å²) >= 11 is 0. The molecule has 0 aliphatic carbocycles. The van der Waals surface area contributed by atoms with Crippen LogP contribution in [0.5, 0.6) is 0 Å². The van der Waals surface area contributed by atoms with Crippen molar-refractivity contribution in [3.8, 4) is 55.6 Å². The lowest BCUT2D eigenvalue weighted by atomic mass is 9.92. The summed E-state index contributed by atoms with van der Waals surface area (Å²) in [5.74, 6) is 0. The van der Waals surface area contributed by atoms with Crippen molar-refractivity contribution >= 4 is 43.9 Å². The first-order valence-electron chi connectivity index (χ1n) is 17.0. The number of furan rings is 2. The highest BCUT2D eigenvalue weighted by molar-refractivity contribution is 6.21. The Balaban J connectivity index is 1.09. The fourth-order valence-corrected chi connectivity index (χ4v) is 7.42. The Labute approximate surface area is 289 Å². The second-order valence-corrected chi connectivity index (χ2v) is 12.9. The second kappa shape index (κ2) is 11.5. The van der Waals surface area contributed by atoms with Crippen molar-refractivity contribution in [3.63, 3.8) is 0 Å². The number of para-hydroxylation sites is 2. The average molecular weight is 639 g/mol. The third-order valence-electron chi connectivity index (χ3n) is 9.89. The molecular weight excluding hydrogens is 609 g/mol. The van der Waals surface area contributed by atoms with Crippen molar-refractivity contribution < 1.29 is 8.83 Å². The number of rotatable bonds is 5. The Morgan fingerprint density at radius 1 is 0.220 bits per heavy atom. The average Bonchev–Trinajstić information content (AvgIpc) is 3.78. The van der Waals surface area contributed by atoms with E-state index in [0.717, 1.165) is 66.1 Å². The van der Waals surface area contributed by atoms with Gasteiger partial charge in [-0.05, 0) is 74.8 Å². The van der Waals surface area contributed by atoms with Gasteiger partial charge in [0, 0.05) is 32.7 Å². The third-order valence-corrected chi connectivity index (χ3v) is 9.89. The van der Waals surface area contributed by atoms with E-state index in [4.69, 9.17) is 8.83 Å². The van der Waals surface area contributed by atoms with Gasteiger partial charge >= 0.3 is 0 Å². The predicted octanol–water partition coefficient (Wildman–Crippen LogP) is 13.8. The molecule has 8 aromatic carbocycles. The van der Waals surface area contributed by atoms with Gasteiger partial charge in [-0.25, -0.2) is 0 Å². The first-order chi connectivity index (χ1) is 24.8. The lowest BCUT2D eigenvalue weighted by Crippen LogP contribution is -1.86. The van der Waals surface area contributed by atoms with Gasteiger partial charge in [-0.2, -0.15) is 0 Å². The van der Waals surface area contributed by atoms with Gasteiger partial charge in [0.15, 0.2) is 11.2 Å². The molecule has 10 aromatic rings. The molecule has 2 heterocycles. The van der Waals surface area contributed by atoms with Crippen LogP contribution < -0.4 is 0 Å². The molecule has 0 radical (unpaired) electrons. The molecule has 50 heavy (non-hydrogen) atoms. The van der Waals surface area contributed by atoms with Crippen LogP contribution in [0.1, 0.15) is 0 Å². The van der Waals surface area contributed by atoms with Gasteiger partial charge in [-0.15, -0.1) is 0 Å². The highest BCUT2D eigenvalue weighted by Gasteiger charge is 2.19. The molecule has 0 bridgehead atoms. The van der Waals surface area contributed by atoms with Crippen molar-refractivity contribution in [1.29, 1.82) is 0 Å². The summed E-state index contributed by atoms with van der Waals surface area (Å²) in [6, 6.07) is 64.4. The lowest BCUT2D eigenvalue weighted by Gasteiger charge is -2.12. The quantitative estimate of drug-likeness (QED) is 0.187. The Morgan fingerprint density at radius 3 is 1.00 bits per heavy atom. The molecule has 10 rings (SSSR count). The fraction of sp³-hybridized carbons (Fsp3) is 0. The summed E-state index contributed by atoms with van der Waals surface area (Å²) < 4.78 is 13.5. The van der Waals surface area contributed by atoms with E-state index in [1.165, 1.54) is 33.4 Å². The minimum absolute atomic E-state index is 0.781. The highest BCUT2D eigenvalue weighted by Crippen LogP contribution is 2.43. The largest absolute Gasteiger partial charge is 0.451 e. The van der Waals surface area contributed by atoms with Gasteiger partial charge in [0.05, 0.1) is 0 Å². The molecule has 0 unspecified atom stereocenters. The van der Waals surface area contributed by atoms with E-state index in [1.807, 2.05) is 6.07 Å². The zero-order valence-electron chi connectivity index (χ0n) is 27.1. The Kier molecular flexibility index (Phi) is 6.53. The first-order valence-corrected chi connectivity index (χ1v) is 17.0. The minimum Gasteiger partial charge on any atom is -0.451 e. The molecule has 0 aliphatic heterocycles. The Bertz CT molecular complexity index is 2770. The van der Waals surface area contributed by atoms with Crippen LogP contribution in [0, 0.1) is 0 Å². The zero-order chi connectivity index (χ0) is 33.0.